The number of piperazine rings is 1. The molecule has 0 aromatic heterocycles. The van der Waals surface area contributed by atoms with Crippen molar-refractivity contribution >= 4 is 11.6 Å². The van der Waals surface area contributed by atoms with Crippen molar-refractivity contribution in [1.82, 2.24) is 9.80 Å². The Morgan fingerprint density at radius 1 is 1.29 bits per heavy atom. The van der Waals surface area contributed by atoms with Gasteiger partial charge < -0.3 is 20.6 Å². The van der Waals surface area contributed by atoms with Crippen LogP contribution in [0.1, 0.15) is 10.4 Å². The Hall–Kier alpha value is -1.75. The lowest BCUT2D eigenvalue weighted by Crippen LogP contribution is -2.47. The molecule has 0 radical (unpaired) electrons. The molecule has 5 heteroatoms. The summed E-state index contributed by atoms with van der Waals surface area (Å²) in [5.74, 6) is -0.00951. The van der Waals surface area contributed by atoms with Crippen LogP contribution in [-0.4, -0.2) is 54.0 Å². The number of amides is 1. The van der Waals surface area contributed by atoms with Crippen molar-refractivity contribution in [1.29, 1.82) is 0 Å². The van der Waals surface area contributed by atoms with Crippen LogP contribution in [0.4, 0.5) is 5.69 Å². The molecular formula is C12H17N3O2. The molecule has 0 atom stereocenters. The molecule has 0 aliphatic carbocycles. The molecule has 1 fully saturated rings. The number of nitrogens with zero attached hydrogens (tertiary/aromatic N) is 2. The van der Waals surface area contributed by atoms with Gasteiger partial charge in [-0.15, -0.1) is 0 Å². The van der Waals surface area contributed by atoms with E-state index in [2.05, 4.69) is 4.90 Å². The smallest absolute Gasteiger partial charge is 0.254 e. The highest BCUT2D eigenvalue weighted by Crippen LogP contribution is 2.21. The number of aromatic hydroxyl groups is 1. The van der Waals surface area contributed by atoms with Crippen LogP contribution < -0.4 is 5.73 Å². The molecule has 0 unspecified atom stereocenters. The molecule has 3 N–H and O–H groups in total. The number of likely N-dealkylation sites (N-methyl/N-ethyl adjacent to an activating group) is 1. The predicted octanol–water partition coefficient (Wildman–Crippen LogP) is 0.362. The van der Waals surface area contributed by atoms with Gasteiger partial charge in [0.25, 0.3) is 5.91 Å². The Morgan fingerprint density at radius 2 is 1.94 bits per heavy atom. The van der Waals surface area contributed by atoms with Gasteiger partial charge in [0.1, 0.15) is 5.75 Å². The third kappa shape index (κ3) is 2.50. The lowest BCUT2D eigenvalue weighted by Gasteiger charge is -2.32. The van der Waals surface area contributed by atoms with Crippen molar-refractivity contribution in [3.63, 3.8) is 0 Å². The zero-order chi connectivity index (χ0) is 12.4. The molecular weight excluding hydrogens is 218 g/mol. The lowest BCUT2D eigenvalue weighted by atomic mass is 10.1. The number of hydrogen-bond donors (Lipinski definition) is 2. The first-order chi connectivity index (χ1) is 8.08. The summed E-state index contributed by atoms with van der Waals surface area (Å²) >= 11 is 0. The Morgan fingerprint density at radius 3 is 2.53 bits per heavy atom. The summed E-state index contributed by atoms with van der Waals surface area (Å²) in [6.07, 6.45) is 0. The zero-order valence-corrected chi connectivity index (χ0v) is 9.89. The number of phenols is 1. The van der Waals surface area contributed by atoms with Gasteiger partial charge in [0.05, 0.1) is 5.69 Å². The average molecular weight is 235 g/mol. The van der Waals surface area contributed by atoms with E-state index in [0.717, 1.165) is 26.2 Å². The highest BCUT2D eigenvalue weighted by atomic mass is 16.3. The first-order valence-corrected chi connectivity index (χ1v) is 5.64. The maximum atomic E-state index is 12.1. The second-order valence-electron chi connectivity index (χ2n) is 4.37. The molecule has 1 amide bonds. The second kappa shape index (κ2) is 4.63. The van der Waals surface area contributed by atoms with Crippen LogP contribution >= 0.6 is 0 Å². The van der Waals surface area contributed by atoms with E-state index in [4.69, 9.17) is 5.73 Å². The molecule has 1 aromatic carbocycles. The van der Waals surface area contributed by atoms with Crippen molar-refractivity contribution in [2.75, 3.05) is 39.0 Å². The number of nitrogen functional groups attached to an aromatic ring is 1. The topological polar surface area (TPSA) is 69.8 Å². The van der Waals surface area contributed by atoms with Crippen molar-refractivity contribution in [3.8, 4) is 5.75 Å². The summed E-state index contributed by atoms with van der Waals surface area (Å²) in [5.41, 5.74) is 6.35. The minimum atomic E-state index is -0.0233. The molecule has 1 aliphatic heterocycles. The Labute approximate surface area is 100 Å². The number of nitrogens with two attached hydrogens (primary N) is 1. The summed E-state index contributed by atoms with van der Waals surface area (Å²) in [5, 5.41) is 9.31. The summed E-state index contributed by atoms with van der Waals surface area (Å²) in [6.45, 7) is 3.24. The van der Waals surface area contributed by atoms with E-state index in [1.165, 1.54) is 12.1 Å². The quantitative estimate of drug-likeness (QED) is 0.545. The molecule has 0 bridgehead atoms. The number of hydrogen-bond acceptors (Lipinski definition) is 4. The fourth-order valence-corrected chi connectivity index (χ4v) is 1.88. The molecule has 2 rings (SSSR count). The van der Waals surface area contributed by atoms with Crippen LogP contribution in [0.15, 0.2) is 18.2 Å². The highest BCUT2D eigenvalue weighted by Gasteiger charge is 2.20. The minimum absolute atomic E-state index is 0.0138. The van der Waals surface area contributed by atoms with E-state index in [1.54, 1.807) is 6.07 Å². The lowest BCUT2D eigenvalue weighted by molar-refractivity contribution is 0.0664. The standard InChI is InChI=1S/C12H17N3O2/c1-14-4-6-15(7-5-14)12(17)9-2-3-11(16)10(13)8-9/h2-3,8,16H,4-7,13H2,1H3. The number of rotatable bonds is 1. The van der Waals surface area contributed by atoms with Crippen LogP contribution in [0.5, 0.6) is 5.75 Å². The number of carbonyl (C=O) groups is 1. The molecule has 1 saturated heterocycles. The van der Waals surface area contributed by atoms with Crippen molar-refractivity contribution in [2.24, 2.45) is 0 Å². The summed E-state index contributed by atoms with van der Waals surface area (Å²) in [7, 11) is 2.04. The Balaban J connectivity index is 2.11. The molecule has 0 saturated carbocycles. The molecule has 1 aliphatic rings. The highest BCUT2D eigenvalue weighted by molar-refractivity contribution is 5.95. The number of anilines is 1. The Kier molecular flexibility index (Phi) is 3.19. The molecule has 92 valence electrons. The van der Waals surface area contributed by atoms with Gasteiger partial charge in [0.2, 0.25) is 0 Å². The molecule has 1 heterocycles. The molecule has 1 aromatic rings. The summed E-state index contributed by atoms with van der Waals surface area (Å²) in [6, 6.07) is 4.58. The summed E-state index contributed by atoms with van der Waals surface area (Å²) < 4.78 is 0. The molecule has 5 nitrogen and oxygen atoms in total. The fraction of sp³-hybridized carbons (Fsp3) is 0.417. The minimum Gasteiger partial charge on any atom is -0.506 e. The Bertz CT molecular complexity index is 426. The average Bonchev–Trinajstić information content (AvgIpc) is 2.33. The van der Waals surface area contributed by atoms with Gasteiger partial charge in [-0.05, 0) is 25.2 Å². The molecule has 0 spiro atoms. The van der Waals surface area contributed by atoms with Gasteiger partial charge in [-0.1, -0.05) is 0 Å². The predicted molar refractivity (Wildman–Crippen MR) is 65.9 cm³/mol. The van der Waals surface area contributed by atoms with Gasteiger partial charge in [-0.2, -0.15) is 0 Å². The second-order valence-corrected chi connectivity index (χ2v) is 4.37. The van der Waals surface area contributed by atoms with E-state index in [1.807, 2.05) is 11.9 Å². The zero-order valence-electron chi connectivity index (χ0n) is 9.89. The van der Waals surface area contributed by atoms with Gasteiger partial charge in [-0.25, -0.2) is 0 Å². The van der Waals surface area contributed by atoms with Gasteiger partial charge >= 0.3 is 0 Å². The third-order valence-corrected chi connectivity index (χ3v) is 3.06. The monoisotopic (exact) mass is 235 g/mol. The normalized spacial score (nSPS) is 17.1. The first-order valence-electron chi connectivity index (χ1n) is 5.64. The maximum Gasteiger partial charge on any atom is 0.254 e. The number of phenolic OH excluding ortho intramolecular Hbond substituents is 1. The number of benzene rings is 1. The van der Waals surface area contributed by atoms with E-state index in [0.29, 0.717) is 5.56 Å². The largest absolute Gasteiger partial charge is 0.506 e. The van der Waals surface area contributed by atoms with Crippen molar-refractivity contribution < 1.29 is 9.90 Å². The van der Waals surface area contributed by atoms with E-state index in [9.17, 15) is 9.90 Å². The molecule has 17 heavy (non-hydrogen) atoms. The van der Waals surface area contributed by atoms with Crippen LogP contribution in [0.25, 0.3) is 0 Å². The van der Waals surface area contributed by atoms with E-state index >= 15 is 0 Å². The third-order valence-electron chi connectivity index (χ3n) is 3.06. The fourth-order valence-electron chi connectivity index (χ4n) is 1.88. The maximum absolute atomic E-state index is 12.1. The van der Waals surface area contributed by atoms with Gasteiger partial charge in [-0.3, -0.25) is 4.79 Å². The van der Waals surface area contributed by atoms with Crippen LogP contribution in [0.3, 0.4) is 0 Å². The van der Waals surface area contributed by atoms with Crippen molar-refractivity contribution in [2.45, 2.75) is 0 Å². The van der Waals surface area contributed by atoms with Crippen molar-refractivity contribution in [3.05, 3.63) is 23.8 Å². The van der Waals surface area contributed by atoms with Crippen LogP contribution in [-0.2, 0) is 0 Å². The first kappa shape index (κ1) is 11.7. The number of carbonyl (C=O) groups excluding carboxylic acids is 1. The van der Waals surface area contributed by atoms with E-state index in [-0.39, 0.29) is 17.3 Å². The van der Waals surface area contributed by atoms with E-state index < -0.39 is 0 Å². The van der Waals surface area contributed by atoms with Crippen LogP contribution in [0.2, 0.25) is 0 Å². The summed E-state index contributed by atoms with van der Waals surface area (Å²) in [4.78, 5) is 16.1. The van der Waals surface area contributed by atoms with Gasteiger partial charge in [0.15, 0.2) is 0 Å². The van der Waals surface area contributed by atoms with Crippen LogP contribution in [0, 0.1) is 0 Å². The SMILES string of the molecule is CN1CCN(C(=O)c2ccc(O)c(N)c2)CC1. The van der Waals surface area contributed by atoms with Gasteiger partial charge in [0, 0.05) is 31.7 Å².